The molecule has 0 spiro atoms. The normalized spacial score (nSPS) is 13.2. The third kappa shape index (κ3) is 1.80. The molecule has 2 amide bonds. The monoisotopic (exact) mass is 305 g/mol. The molecule has 0 unspecified atom stereocenters. The number of pyridine rings is 1. The number of nitrogen functional groups attached to an aromatic ring is 1. The molecule has 3 N–H and O–H groups in total. The predicted molar refractivity (Wildman–Crippen MR) is 72.9 cm³/mol. The summed E-state index contributed by atoms with van der Waals surface area (Å²) in [5.74, 6) is -3.61. The van der Waals surface area contributed by atoms with Gasteiger partial charge >= 0.3 is 0 Å². The predicted octanol–water partition coefficient (Wildman–Crippen LogP) is 0.890. The minimum Gasteiger partial charge on any atom is -0.384 e. The van der Waals surface area contributed by atoms with Crippen molar-refractivity contribution in [1.82, 2.24) is 9.88 Å². The van der Waals surface area contributed by atoms with Gasteiger partial charge in [-0.2, -0.15) is 0 Å². The van der Waals surface area contributed by atoms with Gasteiger partial charge in [-0.15, -0.1) is 0 Å². The van der Waals surface area contributed by atoms with E-state index in [1.165, 1.54) is 6.92 Å². The van der Waals surface area contributed by atoms with Crippen LogP contribution < -0.4 is 16.6 Å². The van der Waals surface area contributed by atoms with Crippen molar-refractivity contribution in [3.05, 3.63) is 56.9 Å². The number of benzene rings is 1. The molecule has 3 rings (SSSR count). The molecular weight excluding hydrogens is 296 g/mol. The van der Waals surface area contributed by atoms with Crippen LogP contribution in [0.15, 0.2) is 23.0 Å². The number of hydrogen-bond acceptors (Lipinski definition) is 4. The van der Waals surface area contributed by atoms with Crippen LogP contribution in [-0.2, 0) is 0 Å². The highest BCUT2D eigenvalue weighted by Gasteiger charge is 2.32. The fraction of sp³-hybridized carbons (Fsp3) is 0.0714. The van der Waals surface area contributed by atoms with Crippen LogP contribution in [0.4, 0.5) is 14.6 Å². The molecule has 2 aromatic rings. The summed E-state index contributed by atoms with van der Waals surface area (Å²) in [6.07, 6.45) is 0. The molecule has 1 aliphatic heterocycles. The molecular formula is C14H9F2N3O3. The van der Waals surface area contributed by atoms with E-state index in [0.717, 1.165) is 16.7 Å². The first kappa shape index (κ1) is 13.9. The Hall–Kier alpha value is -3.03. The molecule has 0 fully saturated rings. The van der Waals surface area contributed by atoms with Crippen LogP contribution in [0.3, 0.4) is 0 Å². The third-order valence-electron chi connectivity index (χ3n) is 3.48. The minimum absolute atomic E-state index is 0.0140. The number of halogens is 2. The highest BCUT2D eigenvalue weighted by Crippen LogP contribution is 2.25. The maximum atomic E-state index is 13.7. The lowest BCUT2D eigenvalue weighted by Crippen LogP contribution is -2.25. The Morgan fingerprint density at radius 3 is 2.45 bits per heavy atom. The second kappa shape index (κ2) is 4.48. The largest absolute Gasteiger partial charge is 0.384 e. The molecule has 0 atom stereocenters. The minimum atomic E-state index is -0.898. The van der Waals surface area contributed by atoms with Crippen molar-refractivity contribution in [2.24, 2.45) is 0 Å². The maximum Gasteiger partial charge on any atom is 0.262 e. The first-order valence-corrected chi connectivity index (χ1v) is 6.18. The topological polar surface area (TPSA) is 94.2 Å². The number of imide groups is 1. The molecule has 22 heavy (non-hydrogen) atoms. The average Bonchev–Trinajstić information content (AvgIpc) is 2.70. The second-order valence-corrected chi connectivity index (χ2v) is 4.81. The number of aromatic nitrogens is 1. The zero-order valence-electron chi connectivity index (χ0n) is 11.2. The molecule has 1 aromatic carbocycles. The molecule has 0 radical (unpaired) electrons. The van der Waals surface area contributed by atoms with Gasteiger partial charge in [0.15, 0.2) is 0 Å². The standard InChI is InChI=1S/C14H9F2N3O3/c1-5-8(16)2-6(15)3-9(5)19-10(20)4-7-11(12(19)17)14(22)18-13(7)21/h2-4H,17H2,1H3,(H,18,21,22). The number of nitrogens with two attached hydrogens (primary N) is 1. The van der Waals surface area contributed by atoms with Crippen molar-refractivity contribution in [3.8, 4) is 5.69 Å². The van der Waals surface area contributed by atoms with Gasteiger partial charge < -0.3 is 5.73 Å². The Balaban J connectivity index is 2.40. The van der Waals surface area contributed by atoms with Crippen LogP contribution in [0.5, 0.6) is 0 Å². The van der Waals surface area contributed by atoms with Crippen LogP contribution in [0.25, 0.3) is 5.69 Å². The lowest BCUT2D eigenvalue weighted by Gasteiger charge is -2.14. The molecule has 0 saturated carbocycles. The summed E-state index contributed by atoms with van der Waals surface area (Å²) in [6.45, 7) is 1.34. The smallest absolute Gasteiger partial charge is 0.262 e. The second-order valence-electron chi connectivity index (χ2n) is 4.81. The van der Waals surface area contributed by atoms with Crippen molar-refractivity contribution >= 4 is 17.6 Å². The number of amides is 2. The first-order chi connectivity index (χ1) is 10.3. The molecule has 0 aliphatic carbocycles. The fourth-order valence-electron chi connectivity index (χ4n) is 2.39. The van der Waals surface area contributed by atoms with Gasteiger partial charge in [-0.05, 0) is 13.0 Å². The number of carbonyl (C=O) groups is 2. The van der Waals surface area contributed by atoms with Crippen LogP contribution in [0.2, 0.25) is 0 Å². The van der Waals surface area contributed by atoms with Crippen LogP contribution in [0.1, 0.15) is 26.3 Å². The third-order valence-corrected chi connectivity index (χ3v) is 3.48. The Morgan fingerprint density at radius 1 is 1.09 bits per heavy atom. The molecule has 8 heteroatoms. The van der Waals surface area contributed by atoms with Crippen molar-refractivity contribution in [2.45, 2.75) is 6.92 Å². The Morgan fingerprint density at radius 2 is 1.77 bits per heavy atom. The van der Waals surface area contributed by atoms with E-state index in [1.54, 1.807) is 0 Å². The number of carbonyl (C=O) groups excluding carboxylic acids is 2. The highest BCUT2D eigenvalue weighted by molar-refractivity contribution is 6.23. The van der Waals surface area contributed by atoms with Gasteiger partial charge in [0.2, 0.25) is 0 Å². The highest BCUT2D eigenvalue weighted by atomic mass is 19.1. The van der Waals surface area contributed by atoms with Crippen molar-refractivity contribution in [2.75, 3.05) is 5.73 Å². The summed E-state index contributed by atoms with van der Waals surface area (Å²) in [5, 5.41) is 2.01. The lowest BCUT2D eigenvalue weighted by atomic mass is 10.1. The van der Waals surface area contributed by atoms with E-state index in [-0.39, 0.29) is 28.2 Å². The van der Waals surface area contributed by atoms with Crippen molar-refractivity contribution in [1.29, 1.82) is 0 Å². The molecule has 0 bridgehead atoms. The number of hydrogen-bond donors (Lipinski definition) is 2. The van der Waals surface area contributed by atoms with E-state index in [0.29, 0.717) is 6.07 Å². The van der Waals surface area contributed by atoms with E-state index in [1.807, 2.05) is 5.32 Å². The number of nitrogens with one attached hydrogen (secondary N) is 1. The summed E-state index contributed by atoms with van der Waals surface area (Å²) in [5.41, 5.74) is 4.54. The molecule has 0 saturated heterocycles. The number of anilines is 1. The average molecular weight is 305 g/mol. The SMILES string of the molecule is Cc1c(F)cc(F)cc1-n1c(N)c2c(cc1=O)C(=O)NC2=O. The Kier molecular flexibility index (Phi) is 2.84. The lowest BCUT2D eigenvalue weighted by molar-refractivity contribution is 0.0880. The van der Waals surface area contributed by atoms with Gasteiger partial charge in [0, 0.05) is 17.7 Å². The molecule has 6 nitrogen and oxygen atoms in total. The molecule has 1 aromatic heterocycles. The summed E-state index contributed by atoms with van der Waals surface area (Å²) in [6, 6.07) is 2.51. The van der Waals surface area contributed by atoms with Crippen LogP contribution in [0, 0.1) is 18.6 Å². The molecule has 112 valence electrons. The van der Waals surface area contributed by atoms with Gasteiger partial charge in [0.05, 0.1) is 16.8 Å². The van der Waals surface area contributed by atoms with Crippen molar-refractivity contribution in [3.63, 3.8) is 0 Å². The maximum absolute atomic E-state index is 13.7. The zero-order valence-corrected chi connectivity index (χ0v) is 11.2. The van der Waals surface area contributed by atoms with Gasteiger partial charge in [-0.1, -0.05) is 0 Å². The Bertz CT molecular complexity index is 919. The van der Waals surface area contributed by atoms with E-state index in [4.69, 9.17) is 5.73 Å². The van der Waals surface area contributed by atoms with E-state index in [9.17, 15) is 23.2 Å². The number of rotatable bonds is 1. The van der Waals surface area contributed by atoms with Crippen LogP contribution >= 0.6 is 0 Å². The quantitative estimate of drug-likeness (QED) is 0.765. The van der Waals surface area contributed by atoms with E-state index in [2.05, 4.69) is 0 Å². The summed E-state index contributed by atoms with van der Waals surface area (Å²) in [4.78, 5) is 35.5. The zero-order chi connectivity index (χ0) is 16.2. The fourth-order valence-corrected chi connectivity index (χ4v) is 2.39. The van der Waals surface area contributed by atoms with E-state index < -0.39 is 29.0 Å². The van der Waals surface area contributed by atoms with Crippen molar-refractivity contribution < 1.29 is 18.4 Å². The summed E-state index contributed by atoms with van der Waals surface area (Å²) >= 11 is 0. The van der Waals surface area contributed by atoms with Gasteiger partial charge in [0.1, 0.15) is 17.5 Å². The number of fused-ring (bicyclic) bond motifs is 1. The molecule has 1 aliphatic rings. The van der Waals surface area contributed by atoms with Crippen LogP contribution in [-0.4, -0.2) is 16.4 Å². The van der Waals surface area contributed by atoms with Gasteiger partial charge in [0.25, 0.3) is 17.4 Å². The van der Waals surface area contributed by atoms with E-state index >= 15 is 0 Å². The summed E-state index contributed by atoms with van der Waals surface area (Å²) in [7, 11) is 0. The first-order valence-electron chi connectivity index (χ1n) is 6.18. The summed E-state index contributed by atoms with van der Waals surface area (Å²) < 4.78 is 27.9. The number of nitrogens with zero attached hydrogens (tertiary/aromatic N) is 1. The Labute approximate surface area is 122 Å². The van der Waals surface area contributed by atoms with Gasteiger partial charge in [-0.3, -0.25) is 24.3 Å². The molecule has 2 heterocycles. The van der Waals surface area contributed by atoms with Gasteiger partial charge in [-0.25, -0.2) is 8.78 Å².